The van der Waals surface area contributed by atoms with E-state index in [0.717, 1.165) is 25.7 Å². The lowest BCUT2D eigenvalue weighted by Crippen LogP contribution is -2.47. The summed E-state index contributed by atoms with van der Waals surface area (Å²) in [6, 6.07) is 5.05. The molecule has 0 atom stereocenters. The molecule has 1 aromatic rings. The van der Waals surface area contributed by atoms with Crippen LogP contribution in [0.5, 0.6) is 5.75 Å². The van der Waals surface area contributed by atoms with Gasteiger partial charge in [-0.15, -0.1) is 0 Å². The number of piperidine rings is 1. The summed E-state index contributed by atoms with van der Waals surface area (Å²) in [6.07, 6.45) is 4.04. The maximum Gasteiger partial charge on any atom is 0.260 e. The van der Waals surface area contributed by atoms with E-state index in [1.807, 2.05) is 0 Å². The van der Waals surface area contributed by atoms with Gasteiger partial charge in [-0.3, -0.25) is 9.59 Å². The third-order valence-electron chi connectivity index (χ3n) is 4.22. The quantitative estimate of drug-likeness (QED) is 0.777. The van der Waals surface area contributed by atoms with Gasteiger partial charge in [-0.1, -0.05) is 36.5 Å². The molecule has 5 nitrogen and oxygen atoms in total. The lowest BCUT2D eigenvalue weighted by Gasteiger charge is -2.32. The van der Waals surface area contributed by atoms with Crippen LogP contribution in [0.2, 0.25) is 10.0 Å². The Morgan fingerprint density at radius 2 is 2.00 bits per heavy atom. The van der Waals surface area contributed by atoms with Gasteiger partial charge >= 0.3 is 0 Å². The zero-order valence-corrected chi connectivity index (χ0v) is 15.9. The highest BCUT2D eigenvalue weighted by atomic mass is 35.5. The summed E-state index contributed by atoms with van der Waals surface area (Å²) in [5, 5.41) is 3.95. The lowest BCUT2D eigenvalue weighted by atomic mass is 10.0. The molecular formula is C18H24Cl2N2O3. The molecule has 1 fully saturated rings. The van der Waals surface area contributed by atoms with Crippen molar-refractivity contribution in [3.63, 3.8) is 0 Å². The monoisotopic (exact) mass is 386 g/mol. The van der Waals surface area contributed by atoms with Crippen LogP contribution in [0.15, 0.2) is 18.2 Å². The SMILES string of the molecule is CCCCC(=O)NC1CCN(C(=O)COc2ccc(Cl)cc2Cl)CC1. The Morgan fingerprint density at radius 1 is 1.28 bits per heavy atom. The molecule has 0 spiro atoms. The highest BCUT2D eigenvalue weighted by Gasteiger charge is 2.24. The molecule has 1 N–H and O–H groups in total. The molecule has 0 unspecified atom stereocenters. The largest absolute Gasteiger partial charge is 0.482 e. The summed E-state index contributed by atoms with van der Waals surface area (Å²) in [6.45, 7) is 3.25. The van der Waals surface area contributed by atoms with Crippen molar-refractivity contribution in [1.29, 1.82) is 0 Å². The fourth-order valence-electron chi connectivity index (χ4n) is 2.73. The van der Waals surface area contributed by atoms with Gasteiger partial charge in [0.05, 0.1) is 5.02 Å². The zero-order valence-electron chi connectivity index (χ0n) is 14.4. The topological polar surface area (TPSA) is 58.6 Å². The molecule has 1 heterocycles. The summed E-state index contributed by atoms with van der Waals surface area (Å²) in [4.78, 5) is 25.8. The number of ether oxygens (including phenoxy) is 1. The number of hydrogen-bond donors (Lipinski definition) is 1. The first-order valence-corrected chi connectivity index (χ1v) is 9.40. The molecule has 1 aliphatic heterocycles. The van der Waals surface area contributed by atoms with Gasteiger partial charge in [-0.25, -0.2) is 0 Å². The van der Waals surface area contributed by atoms with E-state index in [-0.39, 0.29) is 24.5 Å². The fourth-order valence-corrected chi connectivity index (χ4v) is 3.20. The molecule has 0 aliphatic carbocycles. The zero-order chi connectivity index (χ0) is 18.2. The Bertz CT molecular complexity index is 602. The summed E-state index contributed by atoms with van der Waals surface area (Å²) in [5.41, 5.74) is 0. The second-order valence-corrected chi connectivity index (χ2v) is 7.03. The van der Waals surface area contributed by atoms with Crippen LogP contribution in [0, 0.1) is 0 Å². The number of amides is 2. The van der Waals surface area contributed by atoms with Gasteiger partial charge in [0.15, 0.2) is 6.61 Å². The Kier molecular flexibility index (Phi) is 7.85. The lowest BCUT2D eigenvalue weighted by molar-refractivity contribution is -0.134. The molecule has 0 radical (unpaired) electrons. The van der Waals surface area contributed by atoms with Crippen molar-refractivity contribution in [2.75, 3.05) is 19.7 Å². The van der Waals surface area contributed by atoms with Crippen LogP contribution in [0.1, 0.15) is 39.0 Å². The average Bonchev–Trinajstić information content (AvgIpc) is 2.59. The van der Waals surface area contributed by atoms with Crippen molar-refractivity contribution >= 4 is 35.0 Å². The van der Waals surface area contributed by atoms with Crippen molar-refractivity contribution in [3.8, 4) is 5.75 Å². The summed E-state index contributed by atoms with van der Waals surface area (Å²) < 4.78 is 5.49. The summed E-state index contributed by atoms with van der Waals surface area (Å²) in [5.74, 6) is 0.464. The number of carbonyl (C=O) groups is 2. The fraction of sp³-hybridized carbons (Fsp3) is 0.556. The number of unbranched alkanes of at least 4 members (excludes halogenated alkanes) is 1. The van der Waals surface area contributed by atoms with Crippen LogP contribution in [0.25, 0.3) is 0 Å². The third-order valence-corrected chi connectivity index (χ3v) is 4.75. The van der Waals surface area contributed by atoms with Gasteiger partial charge in [0.1, 0.15) is 5.75 Å². The molecule has 7 heteroatoms. The maximum absolute atomic E-state index is 12.3. The number of benzene rings is 1. The molecule has 0 saturated carbocycles. The number of carbonyl (C=O) groups excluding carboxylic acids is 2. The molecule has 2 amide bonds. The maximum atomic E-state index is 12.3. The van der Waals surface area contributed by atoms with E-state index in [1.54, 1.807) is 23.1 Å². The van der Waals surface area contributed by atoms with Crippen LogP contribution in [-0.2, 0) is 9.59 Å². The first-order chi connectivity index (χ1) is 12.0. The predicted molar refractivity (Wildman–Crippen MR) is 99.2 cm³/mol. The number of rotatable bonds is 7. The minimum Gasteiger partial charge on any atom is -0.482 e. The Hall–Kier alpha value is -1.46. The third kappa shape index (κ3) is 6.40. The number of hydrogen-bond acceptors (Lipinski definition) is 3. The molecule has 0 aromatic heterocycles. The summed E-state index contributed by atoms with van der Waals surface area (Å²) in [7, 11) is 0. The minimum absolute atomic E-state index is 0.0606. The van der Waals surface area contributed by atoms with E-state index < -0.39 is 0 Å². The van der Waals surface area contributed by atoms with Crippen molar-refractivity contribution in [2.45, 2.75) is 45.1 Å². The first-order valence-electron chi connectivity index (χ1n) is 8.64. The number of nitrogens with one attached hydrogen (secondary N) is 1. The van der Waals surface area contributed by atoms with Gasteiger partial charge in [0.2, 0.25) is 5.91 Å². The highest BCUT2D eigenvalue weighted by Crippen LogP contribution is 2.27. The standard InChI is InChI=1S/C18H24Cl2N2O3/c1-2-3-4-17(23)21-14-7-9-22(10-8-14)18(24)12-25-16-6-5-13(19)11-15(16)20/h5-6,11,14H,2-4,7-10,12H2,1H3,(H,21,23). The summed E-state index contributed by atoms with van der Waals surface area (Å²) >= 11 is 11.9. The minimum atomic E-state index is -0.0817. The molecule has 1 aliphatic rings. The smallest absolute Gasteiger partial charge is 0.260 e. The number of halogens is 2. The van der Waals surface area contributed by atoms with Gasteiger partial charge in [-0.05, 0) is 37.5 Å². The van der Waals surface area contributed by atoms with Gasteiger partial charge in [-0.2, -0.15) is 0 Å². The van der Waals surface area contributed by atoms with Gasteiger partial charge in [0, 0.05) is 30.6 Å². The van der Waals surface area contributed by atoms with Crippen molar-refractivity contribution in [2.24, 2.45) is 0 Å². The highest BCUT2D eigenvalue weighted by molar-refractivity contribution is 6.35. The van der Waals surface area contributed by atoms with E-state index >= 15 is 0 Å². The Morgan fingerprint density at radius 3 is 2.64 bits per heavy atom. The molecule has 2 rings (SSSR count). The van der Waals surface area contributed by atoms with Crippen LogP contribution in [-0.4, -0.2) is 42.5 Å². The molecule has 138 valence electrons. The Balaban J connectivity index is 1.73. The molecule has 25 heavy (non-hydrogen) atoms. The van der Waals surface area contributed by atoms with E-state index in [9.17, 15) is 9.59 Å². The Labute approximate surface area is 158 Å². The normalized spacial score (nSPS) is 15.1. The number of likely N-dealkylation sites (tertiary alicyclic amines) is 1. The van der Waals surface area contributed by atoms with E-state index in [0.29, 0.717) is 35.3 Å². The van der Waals surface area contributed by atoms with E-state index in [4.69, 9.17) is 27.9 Å². The second-order valence-electron chi connectivity index (χ2n) is 6.19. The van der Waals surface area contributed by atoms with Crippen molar-refractivity contribution in [1.82, 2.24) is 10.2 Å². The van der Waals surface area contributed by atoms with Crippen LogP contribution < -0.4 is 10.1 Å². The predicted octanol–water partition coefficient (Wildman–Crippen LogP) is 3.67. The molecule has 0 bridgehead atoms. The van der Waals surface area contributed by atoms with Crippen LogP contribution in [0.3, 0.4) is 0 Å². The van der Waals surface area contributed by atoms with Gasteiger partial charge in [0.25, 0.3) is 5.91 Å². The van der Waals surface area contributed by atoms with Gasteiger partial charge < -0.3 is 15.0 Å². The van der Waals surface area contributed by atoms with Crippen LogP contribution >= 0.6 is 23.2 Å². The van der Waals surface area contributed by atoms with Crippen LogP contribution in [0.4, 0.5) is 0 Å². The average molecular weight is 387 g/mol. The number of nitrogens with zero attached hydrogens (tertiary/aromatic N) is 1. The second kappa shape index (κ2) is 9.88. The van der Waals surface area contributed by atoms with E-state index in [1.165, 1.54) is 0 Å². The van der Waals surface area contributed by atoms with Crippen molar-refractivity contribution in [3.05, 3.63) is 28.2 Å². The first kappa shape index (κ1) is 19.9. The molecule has 1 aromatic carbocycles. The molecule has 1 saturated heterocycles. The van der Waals surface area contributed by atoms with E-state index in [2.05, 4.69) is 12.2 Å². The molecular weight excluding hydrogens is 363 g/mol. The van der Waals surface area contributed by atoms with Crippen molar-refractivity contribution < 1.29 is 14.3 Å².